The van der Waals surface area contributed by atoms with Crippen molar-refractivity contribution in [1.29, 1.82) is 0 Å². The summed E-state index contributed by atoms with van der Waals surface area (Å²) in [7, 11) is -3.44. The molecule has 8 heteroatoms. The van der Waals surface area contributed by atoms with E-state index >= 15 is 0 Å². The van der Waals surface area contributed by atoms with E-state index in [1.807, 2.05) is 0 Å². The Morgan fingerprint density at radius 1 is 1.29 bits per heavy atom. The fourth-order valence-corrected chi connectivity index (χ4v) is 4.08. The van der Waals surface area contributed by atoms with Crippen LogP contribution in [0.5, 0.6) is 0 Å². The van der Waals surface area contributed by atoms with Crippen molar-refractivity contribution in [2.75, 3.05) is 52.5 Å². The summed E-state index contributed by atoms with van der Waals surface area (Å²) in [6, 6.07) is 0. The molecule has 2 saturated heterocycles. The first-order valence-corrected chi connectivity index (χ1v) is 9.18. The highest BCUT2D eigenvalue weighted by Gasteiger charge is 2.29. The van der Waals surface area contributed by atoms with Crippen LogP contribution in [0, 0.1) is 5.92 Å². The third-order valence-electron chi connectivity index (χ3n) is 4.34. The first-order chi connectivity index (χ1) is 10.0. The summed E-state index contributed by atoms with van der Waals surface area (Å²) in [6.45, 7) is 6.81. The second-order valence-electron chi connectivity index (χ2n) is 5.76. The third kappa shape index (κ3) is 4.87. The van der Waals surface area contributed by atoms with E-state index in [-0.39, 0.29) is 18.6 Å². The molecular formula is C13H27N3O4S. The molecule has 2 aliphatic heterocycles. The van der Waals surface area contributed by atoms with Gasteiger partial charge in [-0.1, -0.05) is 6.92 Å². The standard InChI is InChI=1S/C13H27N3O4S/c1-2-15-7-8-20-13(10-15)9-14-21(18,19)16-5-3-12(11-17)4-6-16/h12-14,17H,2-11H2,1H3. The largest absolute Gasteiger partial charge is 0.396 e. The fourth-order valence-electron chi connectivity index (χ4n) is 2.81. The van der Waals surface area contributed by atoms with Crippen LogP contribution >= 0.6 is 0 Å². The van der Waals surface area contributed by atoms with Crippen molar-refractivity contribution in [3.63, 3.8) is 0 Å². The minimum atomic E-state index is -3.44. The molecule has 0 aliphatic carbocycles. The van der Waals surface area contributed by atoms with Crippen molar-refractivity contribution in [3.05, 3.63) is 0 Å². The zero-order chi connectivity index (χ0) is 15.3. The van der Waals surface area contributed by atoms with Gasteiger partial charge in [-0.25, -0.2) is 0 Å². The number of aliphatic hydroxyl groups is 1. The number of hydrogen-bond donors (Lipinski definition) is 2. The van der Waals surface area contributed by atoms with Gasteiger partial charge in [0.2, 0.25) is 0 Å². The summed E-state index contributed by atoms with van der Waals surface area (Å²) in [6.07, 6.45) is 1.37. The predicted octanol–water partition coefficient (Wildman–Crippen LogP) is -0.754. The van der Waals surface area contributed by atoms with Crippen molar-refractivity contribution in [2.24, 2.45) is 5.92 Å². The molecule has 0 amide bonds. The number of morpholine rings is 1. The molecule has 124 valence electrons. The van der Waals surface area contributed by atoms with Crippen LogP contribution in [0.15, 0.2) is 0 Å². The molecule has 0 aromatic carbocycles. The van der Waals surface area contributed by atoms with Gasteiger partial charge in [0.05, 0.1) is 12.7 Å². The molecule has 2 heterocycles. The maximum atomic E-state index is 12.3. The summed E-state index contributed by atoms with van der Waals surface area (Å²) >= 11 is 0. The number of likely N-dealkylation sites (N-methyl/N-ethyl adjacent to an activating group) is 1. The molecule has 2 rings (SSSR count). The highest BCUT2D eigenvalue weighted by Crippen LogP contribution is 2.18. The molecule has 2 N–H and O–H groups in total. The molecule has 0 saturated carbocycles. The SMILES string of the molecule is CCN1CCOC(CNS(=O)(=O)N2CCC(CO)CC2)C1. The molecule has 0 bridgehead atoms. The number of aliphatic hydroxyl groups excluding tert-OH is 1. The molecule has 2 fully saturated rings. The first kappa shape index (κ1) is 17.1. The summed E-state index contributed by atoms with van der Waals surface area (Å²) in [5.74, 6) is 0.233. The van der Waals surface area contributed by atoms with E-state index < -0.39 is 10.2 Å². The van der Waals surface area contributed by atoms with Crippen LogP contribution in [-0.4, -0.2) is 81.3 Å². The number of nitrogens with one attached hydrogen (secondary N) is 1. The second-order valence-corrected chi connectivity index (χ2v) is 7.52. The van der Waals surface area contributed by atoms with E-state index in [0.717, 1.165) is 32.5 Å². The van der Waals surface area contributed by atoms with Crippen LogP contribution in [0.25, 0.3) is 0 Å². The Morgan fingerprint density at radius 2 is 2.00 bits per heavy atom. The maximum Gasteiger partial charge on any atom is 0.279 e. The Balaban J connectivity index is 1.79. The van der Waals surface area contributed by atoms with Crippen molar-refractivity contribution >= 4 is 10.2 Å². The molecule has 1 atom stereocenters. The fraction of sp³-hybridized carbons (Fsp3) is 1.00. The lowest BCUT2D eigenvalue weighted by Crippen LogP contribution is -2.51. The Bertz CT molecular complexity index is 410. The molecule has 2 aliphatic rings. The summed E-state index contributed by atoms with van der Waals surface area (Å²) in [5.41, 5.74) is 0. The van der Waals surface area contributed by atoms with Gasteiger partial charge < -0.3 is 9.84 Å². The van der Waals surface area contributed by atoms with Crippen molar-refractivity contribution < 1.29 is 18.3 Å². The van der Waals surface area contributed by atoms with Gasteiger partial charge in [0, 0.05) is 39.3 Å². The van der Waals surface area contributed by atoms with Crippen molar-refractivity contribution in [1.82, 2.24) is 13.9 Å². The number of nitrogens with zero attached hydrogens (tertiary/aromatic N) is 2. The summed E-state index contributed by atoms with van der Waals surface area (Å²) in [5, 5.41) is 9.10. The van der Waals surface area contributed by atoms with Gasteiger partial charge in [-0.3, -0.25) is 4.90 Å². The Labute approximate surface area is 127 Å². The smallest absolute Gasteiger partial charge is 0.279 e. The van der Waals surface area contributed by atoms with Crippen molar-refractivity contribution in [2.45, 2.75) is 25.9 Å². The van der Waals surface area contributed by atoms with E-state index in [1.54, 1.807) is 0 Å². The van der Waals surface area contributed by atoms with Gasteiger partial charge in [-0.05, 0) is 25.3 Å². The van der Waals surface area contributed by atoms with Crippen LogP contribution in [0.3, 0.4) is 0 Å². The third-order valence-corrected chi connectivity index (χ3v) is 5.91. The number of hydrogen-bond acceptors (Lipinski definition) is 5. The first-order valence-electron chi connectivity index (χ1n) is 7.74. The quantitative estimate of drug-likeness (QED) is 0.672. The number of piperidine rings is 1. The average Bonchev–Trinajstić information content (AvgIpc) is 2.53. The zero-order valence-corrected chi connectivity index (χ0v) is 13.5. The van der Waals surface area contributed by atoms with Crippen LogP contribution in [0.2, 0.25) is 0 Å². The van der Waals surface area contributed by atoms with E-state index in [1.165, 1.54) is 4.31 Å². The van der Waals surface area contributed by atoms with Crippen LogP contribution in [-0.2, 0) is 14.9 Å². The van der Waals surface area contributed by atoms with E-state index in [9.17, 15) is 8.42 Å². The molecule has 0 aromatic heterocycles. The average molecular weight is 321 g/mol. The highest BCUT2D eigenvalue weighted by molar-refractivity contribution is 7.87. The van der Waals surface area contributed by atoms with E-state index in [4.69, 9.17) is 9.84 Å². The van der Waals surface area contributed by atoms with Crippen LogP contribution in [0.1, 0.15) is 19.8 Å². The predicted molar refractivity (Wildman–Crippen MR) is 80.2 cm³/mol. The van der Waals surface area contributed by atoms with Gasteiger partial charge in [0.25, 0.3) is 10.2 Å². The zero-order valence-electron chi connectivity index (χ0n) is 12.7. The summed E-state index contributed by atoms with van der Waals surface area (Å²) < 4.78 is 34.3. The summed E-state index contributed by atoms with van der Waals surface area (Å²) in [4.78, 5) is 2.26. The molecule has 21 heavy (non-hydrogen) atoms. The Kier molecular flexibility index (Phi) is 6.39. The minimum absolute atomic E-state index is 0.0801. The molecule has 0 aromatic rings. The molecule has 1 unspecified atom stereocenters. The Morgan fingerprint density at radius 3 is 2.62 bits per heavy atom. The van der Waals surface area contributed by atoms with E-state index in [2.05, 4.69) is 16.5 Å². The second kappa shape index (κ2) is 7.85. The van der Waals surface area contributed by atoms with Crippen LogP contribution in [0.4, 0.5) is 0 Å². The van der Waals surface area contributed by atoms with Gasteiger partial charge in [0.15, 0.2) is 0 Å². The van der Waals surface area contributed by atoms with Crippen molar-refractivity contribution in [3.8, 4) is 0 Å². The van der Waals surface area contributed by atoms with Gasteiger partial charge in [-0.15, -0.1) is 0 Å². The number of rotatable bonds is 6. The number of ether oxygens (including phenoxy) is 1. The van der Waals surface area contributed by atoms with Gasteiger partial charge in [0.1, 0.15) is 0 Å². The minimum Gasteiger partial charge on any atom is -0.396 e. The maximum absolute atomic E-state index is 12.3. The highest BCUT2D eigenvalue weighted by atomic mass is 32.2. The van der Waals surface area contributed by atoms with Crippen LogP contribution < -0.4 is 4.72 Å². The van der Waals surface area contributed by atoms with E-state index in [0.29, 0.717) is 26.2 Å². The molecule has 0 radical (unpaired) electrons. The molecule has 7 nitrogen and oxygen atoms in total. The lowest BCUT2D eigenvalue weighted by atomic mass is 10.00. The molecular weight excluding hydrogens is 294 g/mol. The lowest BCUT2D eigenvalue weighted by Gasteiger charge is -2.33. The topological polar surface area (TPSA) is 82.1 Å². The van der Waals surface area contributed by atoms with Gasteiger partial charge >= 0.3 is 0 Å². The monoisotopic (exact) mass is 321 g/mol. The lowest BCUT2D eigenvalue weighted by molar-refractivity contribution is -0.0230. The van der Waals surface area contributed by atoms with Gasteiger partial charge in [-0.2, -0.15) is 17.4 Å². The molecule has 0 spiro atoms. The Hall–Kier alpha value is -0.250. The normalized spacial score (nSPS) is 27.0.